The van der Waals surface area contributed by atoms with E-state index in [1.807, 2.05) is 30.3 Å². The molecule has 21 heavy (non-hydrogen) atoms. The molecule has 0 spiro atoms. The van der Waals surface area contributed by atoms with Gasteiger partial charge in [-0.25, -0.2) is 4.79 Å². The average Bonchev–Trinajstić information content (AvgIpc) is 2.53. The minimum absolute atomic E-state index is 0.193. The van der Waals surface area contributed by atoms with Crippen LogP contribution >= 0.6 is 15.9 Å². The lowest BCUT2D eigenvalue weighted by Gasteiger charge is -2.14. The van der Waals surface area contributed by atoms with Gasteiger partial charge in [0, 0.05) is 0 Å². The first kappa shape index (κ1) is 15.4. The van der Waals surface area contributed by atoms with E-state index in [2.05, 4.69) is 15.9 Å². The quantitative estimate of drug-likeness (QED) is 0.769. The van der Waals surface area contributed by atoms with Crippen LogP contribution in [-0.2, 0) is 11.3 Å². The molecule has 0 bridgehead atoms. The zero-order valence-corrected chi connectivity index (χ0v) is 13.3. The summed E-state index contributed by atoms with van der Waals surface area (Å²) < 4.78 is 16.5. The van der Waals surface area contributed by atoms with Crippen molar-refractivity contribution in [3.8, 4) is 11.5 Å². The molecule has 0 unspecified atom stereocenters. The van der Waals surface area contributed by atoms with E-state index in [0.29, 0.717) is 16.0 Å². The Bertz CT molecular complexity index is 626. The van der Waals surface area contributed by atoms with Crippen molar-refractivity contribution in [1.29, 1.82) is 0 Å². The minimum Gasteiger partial charge on any atom is -0.496 e. The third-order valence-electron chi connectivity index (χ3n) is 2.91. The Labute approximate surface area is 131 Å². The fraction of sp³-hybridized carbons (Fsp3) is 0.188. The lowest BCUT2D eigenvalue weighted by atomic mass is 10.1. The molecule has 0 aliphatic carbocycles. The Morgan fingerprint density at radius 1 is 1.05 bits per heavy atom. The largest absolute Gasteiger partial charge is 0.496 e. The summed E-state index contributed by atoms with van der Waals surface area (Å²) in [6.45, 7) is 0.193. The van der Waals surface area contributed by atoms with E-state index < -0.39 is 5.97 Å². The van der Waals surface area contributed by atoms with Gasteiger partial charge in [0.15, 0.2) is 5.75 Å². The molecular formula is C16H15BrO4. The third kappa shape index (κ3) is 3.55. The maximum absolute atomic E-state index is 12.3. The first-order chi connectivity index (χ1) is 10.2. The Morgan fingerprint density at radius 2 is 1.76 bits per heavy atom. The number of halogens is 1. The topological polar surface area (TPSA) is 44.8 Å². The molecule has 2 aromatic carbocycles. The van der Waals surface area contributed by atoms with E-state index in [9.17, 15) is 4.79 Å². The summed E-state index contributed by atoms with van der Waals surface area (Å²) in [5, 5.41) is 0. The smallest absolute Gasteiger partial charge is 0.346 e. The van der Waals surface area contributed by atoms with Crippen molar-refractivity contribution >= 4 is 21.9 Å². The molecule has 0 saturated heterocycles. The number of hydrogen-bond acceptors (Lipinski definition) is 4. The number of esters is 1. The third-order valence-corrected chi connectivity index (χ3v) is 3.54. The highest BCUT2D eigenvalue weighted by Crippen LogP contribution is 2.36. The molecule has 0 fully saturated rings. The summed E-state index contributed by atoms with van der Waals surface area (Å²) in [7, 11) is 2.99. The summed E-state index contributed by atoms with van der Waals surface area (Å²) in [4.78, 5) is 12.3. The van der Waals surface area contributed by atoms with Gasteiger partial charge in [-0.05, 0) is 33.6 Å². The fourth-order valence-corrected chi connectivity index (χ4v) is 2.39. The molecule has 5 heteroatoms. The van der Waals surface area contributed by atoms with E-state index in [0.717, 1.165) is 5.56 Å². The van der Waals surface area contributed by atoms with Crippen LogP contribution in [0.4, 0.5) is 0 Å². The number of benzene rings is 2. The molecule has 0 aromatic heterocycles. The molecule has 0 saturated carbocycles. The Morgan fingerprint density at radius 3 is 2.38 bits per heavy atom. The van der Waals surface area contributed by atoms with Gasteiger partial charge < -0.3 is 14.2 Å². The molecule has 0 radical (unpaired) electrons. The molecule has 0 N–H and O–H groups in total. The first-order valence-electron chi connectivity index (χ1n) is 6.29. The number of carbonyl (C=O) groups is 1. The van der Waals surface area contributed by atoms with E-state index in [1.54, 1.807) is 12.1 Å². The zero-order valence-electron chi connectivity index (χ0n) is 11.8. The van der Waals surface area contributed by atoms with Crippen LogP contribution in [-0.4, -0.2) is 20.2 Å². The van der Waals surface area contributed by atoms with Gasteiger partial charge in [0.2, 0.25) is 0 Å². The molecule has 0 atom stereocenters. The molecule has 2 rings (SSSR count). The molecular weight excluding hydrogens is 336 g/mol. The predicted octanol–water partition coefficient (Wildman–Crippen LogP) is 3.82. The molecule has 0 heterocycles. The number of carbonyl (C=O) groups excluding carboxylic acids is 1. The van der Waals surface area contributed by atoms with Crippen LogP contribution in [0.2, 0.25) is 0 Å². The van der Waals surface area contributed by atoms with Gasteiger partial charge in [0.1, 0.15) is 17.9 Å². The molecule has 110 valence electrons. The second kappa shape index (κ2) is 7.13. The number of rotatable bonds is 5. The van der Waals surface area contributed by atoms with E-state index in [-0.39, 0.29) is 12.2 Å². The zero-order chi connectivity index (χ0) is 15.2. The number of methoxy groups -OCH3 is 2. The molecule has 0 amide bonds. The number of ether oxygens (including phenoxy) is 3. The van der Waals surface area contributed by atoms with Crippen molar-refractivity contribution < 1.29 is 19.0 Å². The van der Waals surface area contributed by atoms with Crippen LogP contribution in [0.5, 0.6) is 11.5 Å². The van der Waals surface area contributed by atoms with E-state index >= 15 is 0 Å². The Hall–Kier alpha value is -2.01. The fourth-order valence-electron chi connectivity index (χ4n) is 1.90. The van der Waals surface area contributed by atoms with Crippen LogP contribution < -0.4 is 9.47 Å². The monoisotopic (exact) mass is 350 g/mol. The maximum atomic E-state index is 12.3. The summed E-state index contributed by atoms with van der Waals surface area (Å²) >= 11 is 3.35. The molecule has 2 aromatic rings. The summed E-state index contributed by atoms with van der Waals surface area (Å²) in [6, 6.07) is 12.9. The molecule has 0 aliphatic rings. The second-order valence-corrected chi connectivity index (χ2v) is 5.07. The van der Waals surface area contributed by atoms with Crippen molar-refractivity contribution in [1.82, 2.24) is 0 Å². The van der Waals surface area contributed by atoms with Gasteiger partial charge in [-0.2, -0.15) is 0 Å². The van der Waals surface area contributed by atoms with Gasteiger partial charge in [0.25, 0.3) is 0 Å². The SMILES string of the molecule is COc1ccc(Br)c(OC)c1C(=O)OCc1ccccc1. The highest BCUT2D eigenvalue weighted by molar-refractivity contribution is 9.10. The predicted molar refractivity (Wildman–Crippen MR) is 82.8 cm³/mol. The van der Waals surface area contributed by atoms with Crippen molar-refractivity contribution in [3.05, 3.63) is 58.1 Å². The highest BCUT2D eigenvalue weighted by atomic mass is 79.9. The second-order valence-electron chi connectivity index (χ2n) is 4.22. The molecule has 4 nitrogen and oxygen atoms in total. The normalized spacial score (nSPS) is 10.0. The van der Waals surface area contributed by atoms with Crippen LogP contribution in [0.25, 0.3) is 0 Å². The average molecular weight is 351 g/mol. The lowest BCUT2D eigenvalue weighted by Crippen LogP contribution is -2.09. The molecule has 0 aliphatic heterocycles. The standard InChI is InChI=1S/C16H15BrO4/c1-19-13-9-8-12(17)15(20-2)14(13)16(18)21-10-11-6-4-3-5-7-11/h3-9H,10H2,1-2H3. The summed E-state index contributed by atoms with van der Waals surface area (Å²) in [5.41, 5.74) is 1.18. The van der Waals surface area contributed by atoms with E-state index in [1.165, 1.54) is 14.2 Å². The van der Waals surface area contributed by atoms with Crippen molar-refractivity contribution in [2.45, 2.75) is 6.61 Å². The summed E-state index contributed by atoms with van der Waals surface area (Å²) in [5.74, 6) is 0.314. The lowest BCUT2D eigenvalue weighted by molar-refractivity contribution is 0.0465. The highest BCUT2D eigenvalue weighted by Gasteiger charge is 2.22. The van der Waals surface area contributed by atoms with Gasteiger partial charge in [-0.1, -0.05) is 30.3 Å². The van der Waals surface area contributed by atoms with Crippen molar-refractivity contribution in [2.24, 2.45) is 0 Å². The van der Waals surface area contributed by atoms with Crippen LogP contribution in [0.3, 0.4) is 0 Å². The van der Waals surface area contributed by atoms with Crippen LogP contribution in [0.1, 0.15) is 15.9 Å². The Kier molecular flexibility index (Phi) is 5.22. The van der Waals surface area contributed by atoms with Crippen LogP contribution in [0, 0.1) is 0 Å². The Balaban J connectivity index is 2.24. The summed E-state index contributed by atoms with van der Waals surface area (Å²) in [6.07, 6.45) is 0. The van der Waals surface area contributed by atoms with Gasteiger partial charge in [-0.15, -0.1) is 0 Å². The first-order valence-corrected chi connectivity index (χ1v) is 7.08. The maximum Gasteiger partial charge on any atom is 0.346 e. The van der Waals surface area contributed by atoms with Crippen molar-refractivity contribution in [2.75, 3.05) is 14.2 Å². The van der Waals surface area contributed by atoms with E-state index in [4.69, 9.17) is 14.2 Å². The number of hydrogen-bond donors (Lipinski definition) is 0. The van der Waals surface area contributed by atoms with Gasteiger partial charge >= 0.3 is 5.97 Å². The van der Waals surface area contributed by atoms with Gasteiger partial charge in [0.05, 0.1) is 18.7 Å². The van der Waals surface area contributed by atoms with Crippen LogP contribution in [0.15, 0.2) is 46.9 Å². The van der Waals surface area contributed by atoms with Gasteiger partial charge in [-0.3, -0.25) is 0 Å². The van der Waals surface area contributed by atoms with Crippen molar-refractivity contribution in [3.63, 3.8) is 0 Å². The minimum atomic E-state index is -0.492.